The van der Waals surface area contributed by atoms with Crippen LogP contribution in [0.5, 0.6) is 5.75 Å². The number of aliphatic hydroxyl groups excluding tert-OH is 1. The van der Waals surface area contributed by atoms with Gasteiger partial charge in [0.25, 0.3) is 0 Å². The molecule has 3 heteroatoms. The molecule has 2 aliphatic carbocycles. The molecule has 1 aromatic carbocycles. The van der Waals surface area contributed by atoms with Crippen LogP contribution in [0, 0.1) is 17.3 Å². The van der Waals surface area contributed by atoms with Gasteiger partial charge in [-0.15, -0.1) is 0 Å². The van der Waals surface area contributed by atoms with Crippen molar-refractivity contribution in [2.75, 3.05) is 13.2 Å². The Bertz CT molecular complexity index is 476. The minimum atomic E-state index is -0.509. The normalized spacial score (nSPS) is 33.4. The summed E-state index contributed by atoms with van der Waals surface area (Å²) in [4.78, 5) is 0. The summed E-state index contributed by atoms with van der Waals surface area (Å²) in [6.07, 6.45) is 4.33. The molecule has 0 saturated heterocycles. The Balaban J connectivity index is 1.93. The van der Waals surface area contributed by atoms with E-state index in [-0.39, 0.29) is 5.41 Å². The number of para-hydroxylation sites is 1. The van der Waals surface area contributed by atoms with E-state index in [2.05, 4.69) is 0 Å². The van der Waals surface area contributed by atoms with Crippen LogP contribution in [0.25, 0.3) is 0 Å². The SMILES string of the molecule is CCOc1ccccc1C(O)C1(CN)CC2CCC1C2. The van der Waals surface area contributed by atoms with Crippen LogP contribution in [0.3, 0.4) is 0 Å². The summed E-state index contributed by atoms with van der Waals surface area (Å²) in [5.74, 6) is 2.14. The Morgan fingerprint density at radius 3 is 2.80 bits per heavy atom. The highest BCUT2D eigenvalue weighted by Gasteiger charge is 2.54. The minimum Gasteiger partial charge on any atom is -0.493 e. The average molecular weight is 275 g/mol. The summed E-state index contributed by atoms with van der Waals surface area (Å²) in [6.45, 7) is 3.15. The summed E-state index contributed by atoms with van der Waals surface area (Å²) in [5, 5.41) is 11.0. The smallest absolute Gasteiger partial charge is 0.125 e. The Labute approximate surface area is 121 Å². The fourth-order valence-electron chi connectivity index (χ4n) is 4.49. The molecular weight excluding hydrogens is 250 g/mol. The van der Waals surface area contributed by atoms with Crippen molar-refractivity contribution >= 4 is 0 Å². The van der Waals surface area contributed by atoms with Gasteiger partial charge in [0.1, 0.15) is 5.75 Å². The Kier molecular flexibility index (Phi) is 3.74. The Hall–Kier alpha value is -1.06. The molecule has 2 aliphatic rings. The van der Waals surface area contributed by atoms with Crippen LogP contribution in [0.4, 0.5) is 0 Å². The maximum Gasteiger partial charge on any atom is 0.125 e. The Morgan fingerprint density at radius 1 is 1.40 bits per heavy atom. The number of aliphatic hydroxyl groups is 1. The van der Waals surface area contributed by atoms with Crippen LogP contribution in [0.2, 0.25) is 0 Å². The molecular formula is C17H25NO2. The average Bonchev–Trinajstić information content (AvgIpc) is 3.08. The molecule has 110 valence electrons. The molecule has 2 bridgehead atoms. The molecule has 3 N–H and O–H groups in total. The van der Waals surface area contributed by atoms with Crippen molar-refractivity contribution in [3.05, 3.63) is 29.8 Å². The number of rotatable bonds is 5. The molecule has 0 spiro atoms. The third kappa shape index (κ3) is 2.04. The van der Waals surface area contributed by atoms with Gasteiger partial charge in [-0.25, -0.2) is 0 Å². The standard InChI is InChI=1S/C17H25NO2/c1-2-20-15-6-4-3-5-14(15)16(19)17(11-18)10-12-7-8-13(17)9-12/h3-6,12-13,16,19H,2,7-11,18H2,1H3. The summed E-state index contributed by atoms with van der Waals surface area (Å²) in [7, 11) is 0. The highest BCUT2D eigenvalue weighted by atomic mass is 16.5. The van der Waals surface area contributed by atoms with Crippen LogP contribution < -0.4 is 10.5 Å². The van der Waals surface area contributed by atoms with Crippen molar-refractivity contribution in [1.29, 1.82) is 0 Å². The number of hydrogen-bond donors (Lipinski definition) is 2. The number of fused-ring (bicyclic) bond motifs is 2. The van der Waals surface area contributed by atoms with Crippen LogP contribution in [-0.2, 0) is 0 Å². The lowest BCUT2D eigenvalue weighted by Crippen LogP contribution is -2.41. The zero-order chi connectivity index (χ0) is 14.2. The molecule has 4 unspecified atom stereocenters. The lowest BCUT2D eigenvalue weighted by Gasteiger charge is -2.41. The molecule has 0 radical (unpaired) electrons. The molecule has 20 heavy (non-hydrogen) atoms. The highest BCUT2D eigenvalue weighted by Crippen LogP contribution is 2.61. The van der Waals surface area contributed by atoms with Gasteiger partial charge in [-0.2, -0.15) is 0 Å². The first-order chi connectivity index (χ1) is 9.71. The van der Waals surface area contributed by atoms with Gasteiger partial charge in [0, 0.05) is 17.5 Å². The molecule has 1 aromatic rings. The molecule has 2 saturated carbocycles. The van der Waals surface area contributed by atoms with E-state index in [1.54, 1.807) is 0 Å². The molecule has 0 amide bonds. The quantitative estimate of drug-likeness (QED) is 0.868. The van der Waals surface area contributed by atoms with Crippen LogP contribution >= 0.6 is 0 Å². The van der Waals surface area contributed by atoms with Gasteiger partial charge < -0.3 is 15.6 Å². The minimum absolute atomic E-state index is 0.143. The van der Waals surface area contributed by atoms with Gasteiger partial charge in [-0.1, -0.05) is 24.6 Å². The van der Waals surface area contributed by atoms with E-state index in [0.717, 1.165) is 23.7 Å². The van der Waals surface area contributed by atoms with E-state index in [9.17, 15) is 5.11 Å². The Morgan fingerprint density at radius 2 is 2.20 bits per heavy atom. The zero-order valence-electron chi connectivity index (χ0n) is 12.2. The van der Waals surface area contributed by atoms with E-state index in [4.69, 9.17) is 10.5 Å². The lowest BCUT2D eigenvalue weighted by molar-refractivity contribution is -0.0145. The largest absolute Gasteiger partial charge is 0.493 e. The highest BCUT2D eigenvalue weighted by molar-refractivity contribution is 5.37. The first kappa shape index (κ1) is 13.9. The van der Waals surface area contributed by atoms with E-state index in [0.29, 0.717) is 19.1 Å². The predicted molar refractivity (Wildman–Crippen MR) is 79.5 cm³/mol. The second kappa shape index (κ2) is 5.38. The first-order valence-electron chi connectivity index (χ1n) is 7.81. The fraction of sp³-hybridized carbons (Fsp3) is 0.647. The first-order valence-corrected chi connectivity index (χ1v) is 7.81. The van der Waals surface area contributed by atoms with Crippen molar-refractivity contribution in [3.63, 3.8) is 0 Å². The molecule has 2 fully saturated rings. The predicted octanol–water partition coefficient (Wildman–Crippen LogP) is 2.88. The van der Waals surface area contributed by atoms with Gasteiger partial charge in [0.2, 0.25) is 0 Å². The lowest BCUT2D eigenvalue weighted by atomic mass is 9.67. The van der Waals surface area contributed by atoms with Gasteiger partial charge >= 0.3 is 0 Å². The molecule has 0 heterocycles. The number of hydrogen-bond acceptors (Lipinski definition) is 3. The summed E-state index contributed by atoms with van der Waals surface area (Å²) in [5.41, 5.74) is 6.88. The summed E-state index contributed by atoms with van der Waals surface area (Å²) >= 11 is 0. The molecule has 0 aliphatic heterocycles. The molecule has 0 aromatic heterocycles. The van der Waals surface area contributed by atoms with E-state index >= 15 is 0 Å². The van der Waals surface area contributed by atoms with Crippen molar-refractivity contribution in [3.8, 4) is 5.75 Å². The number of ether oxygens (including phenoxy) is 1. The van der Waals surface area contributed by atoms with E-state index in [1.807, 2.05) is 31.2 Å². The van der Waals surface area contributed by atoms with Crippen molar-refractivity contribution in [1.82, 2.24) is 0 Å². The third-order valence-corrected chi connectivity index (χ3v) is 5.46. The van der Waals surface area contributed by atoms with Crippen LogP contribution in [-0.4, -0.2) is 18.3 Å². The van der Waals surface area contributed by atoms with Crippen LogP contribution in [0.15, 0.2) is 24.3 Å². The summed E-state index contributed by atoms with van der Waals surface area (Å²) in [6, 6.07) is 7.86. The second-order valence-corrected chi connectivity index (χ2v) is 6.39. The maximum absolute atomic E-state index is 11.0. The fourth-order valence-corrected chi connectivity index (χ4v) is 4.49. The van der Waals surface area contributed by atoms with Crippen molar-refractivity contribution in [2.24, 2.45) is 23.0 Å². The van der Waals surface area contributed by atoms with E-state index < -0.39 is 6.10 Å². The van der Waals surface area contributed by atoms with Crippen molar-refractivity contribution in [2.45, 2.75) is 38.7 Å². The number of nitrogens with two attached hydrogens (primary N) is 1. The topological polar surface area (TPSA) is 55.5 Å². The van der Waals surface area contributed by atoms with Gasteiger partial charge in [-0.05, 0) is 44.1 Å². The molecule has 3 rings (SSSR count). The van der Waals surface area contributed by atoms with Gasteiger partial charge in [0.15, 0.2) is 0 Å². The van der Waals surface area contributed by atoms with E-state index in [1.165, 1.54) is 19.3 Å². The van der Waals surface area contributed by atoms with Gasteiger partial charge in [-0.3, -0.25) is 0 Å². The summed E-state index contributed by atoms with van der Waals surface area (Å²) < 4.78 is 5.69. The van der Waals surface area contributed by atoms with Gasteiger partial charge in [0.05, 0.1) is 12.7 Å². The molecule has 4 atom stereocenters. The number of benzene rings is 1. The monoisotopic (exact) mass is 275 g/mol. The second-order valence-electron chi connectivity index (χ2n) is 6.39. The maximum atomic E-state index is 11.0. The van der Waals surface area contributed by atoms with Crippen LogP contribution in [0.1, 0.15) is 44.3 Å². The van der Waals surface area contributed by atoms with Crippen molar-refractivity contribution < 1.29 is 9.84 Å². The third-order valence-electron chi connectivity index (χ3n) is 5.46. The molecule has 3 nitrogen and oxygen atoms in total. The zero-order valence-corrected chi connectivity index (χ0v) is 12.2.